The lowest BCUT2D eigenvalue weighted by Crippen LogP contribution is -2.55. The molecule has 3 saturated heterocycles. The van der Waals surface area contributed by atoms with Crippen molar-refractivity contribution in [2.45, 2.75) is 56.4 Å². The van der Waals surface area contributed by atoms with Crippen LogP contribution >= 0.6 is 0 Å². The lowest BCUT2D eigenvalue weighted by molar-refractivity contribution is -0.142. The fraction of sp³-hybridized carbons (Fsp3) is 0.609. The topological polar surface area (TPSA) is 108 Å². The molecule has 5 atom stereocenters. The highest BCUT2D eigenvalue weighted by Gasteiger charge is 2.74. The van der Waals surface area contributed by atoms with Gasteiger partial charge in [-0.25, -0.2) is 0 Å². The number of rotatable bonds is 9. The third-order valence-electron chi connectivity index (χ3n) is 6.96. The molecule has 3 heterocycles. The standard InChI is InChI=1S/C23H31N3O5/c1-24-20(28)17-16-10-11-23(31-16)18(17)22(30)26(12-6-3-7-13-27)19(23)21(29)25-14-15-8-4-2-5-9-15/h2,4-5,8-9,16-19,27H,3,6-7,10-14H2,1H3,(H,24,28)(H,25,29)/t16-,17+,18-,19?,23?/m0/s1. The molecule has 168 valence electrons. The molecule has 3 amide bonds. The molecule has 0 radical (unpaired) electrons. The van der Waals surface area contributed by atoms with Gasteiger partial charge in [0, 0.05) is 26.7 Å². The van der Waals surface area contributed by atoms with E-state index >= 15 is 0 Å². The highest BCUT2D eigenvalue weighted by molar-refractivity contribution is 5.98. The van der Waals surface area contributed by atoms with Gasteiger partial charge in [-0.2, -0.15) is 0 Å². The van der Waals surface area contributed by atoms with Crippen molar-refractivity contribution in [3.8, 4) is 0 Å². The van der Waals surface area contributed by atoms with Crippen LogP contribution in [-0.4, -0.2) is 65.7 Å². The van der Waals surface area contributed by atoms with E-state index in [2.05, 4.69) is 10.6 Å². The fourth-order valence-corrected chi connectivity index (χ4v) is 5.61. The molecule has 2 unspecified atom stereocenters. The second kappa shape index (κ2) is 8.96. The maximum absolute atomic E-state index is 13.5. The Morgan fingerprint density at radius 3 is 2.68 bits per heavy atom. The average molecular weight is 430 g/mol. The maximum Gasteiger partial charge on any atom is 0.246 e. The van der Waals surface area contributed by atoms with Crippen LogP contribution in [0.4, 0.5) is 0 Å². The zero-order valence-corrected chi connectivity index (χ0v) is 17.9. The van der Waals surface area contributed by atoms with Crippen LogP contribution in [0, 0.1) is 11.8 Å². The van der Waals surface area contributed by atoms with E-state index in [1.54, 1.807) is 11.9 Å². The Labute approximate surface area is 182 Å². The highest BCUT2D eigenvalue weighted by Crippen LogP contribution is 2.58. The van der Waals surface area contributed by atoms with Crippen LogP contribution in [0.25, 0.3) is 0 Å². The van der Waals surface area contributed by atoms with E-state index in [4.69, 9.17) is 9.84 Å². The normalized spacial score (nSPS) is 31.0. The first-order chi connectivity index (χ1) is 15.0. The third kappa shape index (κ3) is 3.72. The van der Waals surface area contributed by atoms with Gasteiger partial charge < -0.3 is 25.4 Å². The Hall–Kier alpha value is -2.45. The van der Waals surface area contributed by atoms with Gasteiger partial charge in [-0.05, 0) is 37.7 Å². The minimum absolute atomic E-state index is 0.102. The first kappa shape index (κ1) is 21.8. The van der Waals surface area contributed by atoms with Gasteiger partial charge >= 0.3 is 0 Å². The molecule has 0 saturated carbocycles. The SMILES string of the molecule is CNC(=O)[C@@H]1[C@@H]2CCC3(O2)C(C(=O)NCc2ccccc2)N(CCCCCO)C(=O)[C@H]13. The van der Waals surface area contributed by atoms with Crippen LogP contribution in [0.1, 0.15) is 37.7 Å². The molecule has 31 heavy (non-hydrogen) atoms. The number of amides is 3. The second-order valence-electron chi connectivity index (χ2n) is 8.69. The van der Waals surface area contributed by atoms with Crippen LogP contribution in [-0.2, 0) is 25.7 Å². The second-order valence-corrected chi connectivity index (χ2v) is 8.69. The lowest BCUT2D eigenvalue weighted by Gasteiger charge is -2.33. The van der Waals surface area contributed by atoms with Gasteiger partial charge in [0.2, 0.25) is 17.7 Å². The molecule has 1 spiro atoms. The molecule has 2 bridgehead atoms. The van der Waals surface area contributed by atoms with Crippen molar-refractivity contribution in [3.63, 3.8) is 0 Å². The summed E-state index contributed by atoms with van der Waals surface area (Å²) in [4.78, 5) is 41.1. The van der Waals surface area contributed by atoms with Crippen molar-refractivity contribution in [3.05, 3.63) is 35.9 Å². The summed E-state index contributed by atoms with van der Waals surface area (Å²) in [6, 6.07) is 8.88. The average Bonchev–Trinajstić information content (AvgIpc) is 3.43. The number of hydrogen-bond acceptors (Lipinski definition) is 5. The Balaban J connectivity index is 1.58. The molecule has 3 aliphatic rings. The van der Waals surface area contributed by atoms with Crippen molar-refractivity contribution < 1.29 is 24.2 Å². The van der Waals surface area contributed by atoms with E-state index in [1.807, 2.05) is 30.3 Å². The Bertz CT molecular complexity index is 832. The van der Waals surface area contributed by atoms with Crippen molar-refractivity contribution >= 4 is 17.7 Å². The molecule has 3 N–H and O–H groups in total. The summed E-state index contributed by atoms with van der Waals surface area (Å²) in [6.45, 7) is 0.881. The number of carbonyl (C=O) groups excluding carboxylic acids is 3. The molecular weight excluding hydrogens is 398 g/mol. The highest BCUT2D eigenvalue weighted by atomic mass is 16.5. The number of nitrogens with one attached hydrogen (secondary N) is 2. The molecule has 8 heteroatoms. The lowest BCUT2D eigenvalue weighted by atomic mass is 9.70. The van der Waals surface area contributed by atoms with Gasteiger partial charge in [-0.15, -0.1) is 0 Å². The monoisotopic (exact) mass is 429 g/mol. The van der Waals surface area contributed by atoms with Crippen LogP contribution in [0.5, 0.6) is 0 Å². The number of benzene rings is 1. The Morgan fingerprint density at radius 2 is 1.97 bits per heavy atom. The van der Waals surface area contributed by atoms with Crippen LogP contribution in [0.2, 0.25) is 0 Å². The number of unbranched alkanes of at least 4 members (excludes halogenated alkanes) is 2. The molecule has 0 aliphatic carbocycles. The molecular formula is C23H31N3O5. The predicted octanol–water partition coefficient (Wildman–Crippen LogP) is 0.586. The van der Waals surface area contributed by atoms with Crippen molar-refractivity contribution in [1.29, 1.82) is 0 Å². The Morgan fingerprint density at radius 1 is 1.19 bits per heavy atom. The zero-order chi connectivity index (χ0) is 22.0. The minimum atomic E-state index is -0.948. The summed E-state index contributed by atoms with van der Waals surface area (Å²) < 4.78 is 6.31. The summed E-state index contributed by atoms with van der Waals surface area (Å²) in [7, 11) is 1.57. The summed E-state index contributed by atoms with van der Waals surface area (Å²) in [5, 5.41) is 14.7. The minimum Gasteiger partial charge on any atom is -0.396 e. The zero-order valence-electron chi connectivity index (χ0n) is 17.9. The predicted molar refractivity (Wildman–Crippen MR) is 113 cm³/mol. The number of fused-ring (bicyclic) bond motifs is 1. The van der Waals surface area contributed by atoms with E-state index in [0.29, 0.717) is 38.8 Å². The van der Waals surface area contributed by atoms with Crippen LogP contribution < -0.4 is 10.6 Å². The quantitative estimate of drug-likeness (QED) is 0.498. The van der Waals surface area contributed by atoms with Gasteiger partial charge in [0.1, 0.15) is 11.6 Å². The van der Waals surface area contributed by atoms with Crippen LogP contribution in [0.15, 0.2) is 30.3 Å². The fourth-order valence-electron chi connectivity index (χ4n) is 5.61. The first-order valence-corrected chi connectivity index (χ1v) is 11.2. The number of hydrogen-bond donors (Lipinski definition) is 3. The number of aliphatic hydroxyl groups is 1. The molecule has 1 aromatic rings. The van der Waals surface area contributed by atoms with Crippen molar-refractivity contribution in [2.24, 2.45) is 11.8 Å². The largest absolute Gasteiger partial charge is 0.396 e. The van der Waals surface area contributed by atoms with Crippen molar-refractivity contribution in [2.75, 3.05) is 20.2 Å². The summed E-state index contributed by atoms with van der Waals surface area (Å²) in [5.74, 6) is -1.79. The van der Waals surface area contributed by atoms with Gasteiger partial charge in [-0.1, -0.05) is 30.3 Å². The van der Waals surface area contributed by atoms with E-state index in [9.17, 15) is 14.4 Å². The number of aliphatic hydroxyl groups excluding tert-OH is 1. The molecule has 8 nitrogen and oxygen atoms in total. The Kier molecular flexibility index (Phi) is 6.29. The number of ether oxygens (including phenoxy) is 1. The van der Waals surface area contributed by atoms with Gasteiger partial charge in [0.15, 0.2) is 0 Å². The van der Waals surface area contributed by atoms with E-state index in [-0.39, 0.29) is 30.4 Å². The van der Waals surface area contributed by atoms with Crippen LogP contribution in [0.3, 0.4) is 0 Å². The van der Waals surface area contributed by atoms with Gasteiger partial charge in [0.25, 0.3) is 0 Å². The molecule has 1 aromatic carbocycles. The first-order valence-electron chi connectivity index (χ1n) is 11.2. The summed E-state index contributed by atoms with van der Waals surface area (Å²) in [6.07, 6.45) is 3.04. The maximum atomic E-state index is 13.5. The molecule has 4 rings (SSSR count). The van der Waals surface area contributed by atoms with E-state index in [0.717, 1.165) is 12.0 Å². The third-order valence-corrected chi connectivity index (χ3v) is 6.96. The summed E-state index contributed by atoms with van der Waals surface area (Å²) in [5.41, 5.74) is 0.0278. The number of nitrogens with zero attached hydrogens (tertiary/aromatic N) is 1. The molecule has 0 aromatic heterocycles. The summed E-state index contributed by atoms with van der Waals surface area (Å²) >= 11 is 0. The number of likely N-dealkylation sites (tertiary alicyclic amines) is 1. The van der Waals surface area contributed by atoms with E-state index < -0.39 is 23.5 Å². The van der Waals surface area contributed by atoms with Gasteiger partial charge in [-0.3, -0.25) is 14.4 Å². The van der Waals surface area contributed by atoms with Gasteiger partial charge in [0.05, 0.1) is 17.9 Å². The molecule has 3 aliphatic heterocycles. The molecule has 3 fully saturated rings. The smallest absolute Gasteiger partial charge is 0.246 e. The van der Waals surface area contributed by atoms with E-state index in [1.165, 1.54) is 0 Å². The number of carbonyl (C=O) groups is 3. The van der Waals surface area contributed by atoms with Crippen molar-refractivity contribution in [1.82, 2.24) is 15.5 Å².